The Kier molecular flexibility index (Phi) is 13.0. The highest BCUT2D eigenvalue weighted by molar-refractivity contribution is 5.56. The van der Waals surface area contributed by atoms with Gasteiger partial charge in [-0.3, -0.25) is 0 Å². The van der Waals surface area contributed by atoms with E-state index in [0.29, 0.717) is 26.2 Å². The van der Waals surface area contributed by atoms with Gasteiger partial charge in [-0.1, -0.05) is 32.6 Å². The van der Waals surface area contributed by atoms with Gasteiger partial charge in [-0.2, -0.15) is 0 Å². The smallest absolute Gasteiger partial charge is 0.450 e. The van der Waals surface area contributed by atoms with E-state index >= 15 is 0 Å². The largest absolute Gasteiger partial charge is 0.505 e. The summed E-state index contributed by atoms with van der Waals surface area (Å²) < 4.78 is 15.5. The molecule has 114 valence electrons. The lowest BCUT2D eigenvalue weighted by molar-refractivity contribution is -0.0111. The maximum absolute atomic E-state index is 10.3. The first-order chi connectivity index (χ1) is 9.20. The molecule has 0 aromatic carbocycles. The minimum atomic E-state index is -1.22. The molecule has 0 radical (unpaired) electrons. The Balaban J connectivity index is 3.75. The third-order valence-electron chi connectivity index (χ3n) is 2.83. The van der Waals surface area contributed by atoms with Crippen molar-refractivity contribution in [1.29, 1.82) is 0 Å². The number of hydrogen-bond donors (Lipinski definition) is 1. The molecule has 0 saturated heterocycles. The maximum atomic E-state index is 10.3. The normalized spacial score (nSPS) is 12.3. The van der Waals surface area contributed by atoms with Crippen LogP contribution in [0.2, 0.25) is 0 Å². The van der Waals surface area contributed by atoms with Gasteiger partial charge < -0.3 is 19.3 Å². The monoisotopic (exact) mass is 276 g/mol. The van der Waals surface area contributed by atoms with Crippen molar-refractivity contribution in [3.63, 3.8) is 0 Å². The summed E-state index contributed by atoms with van der Waals surface area (Å²) in [5.74, 6) is 0. The van der Waals surface area contributed by atoms with Gasteiger partial charge in [0.1, 0.15) is 0 Å². The van der Waals surface area contributed by atoms with E-state index in [9.17, 15) is 4.79 Å². The summed E-state index contributed by atoms with van der Waals surface area (Å²) in [7, 11) is 0. The van der Waals surface area contributed by atoms with Crippen molar-refractivity contribution in [3.05, 3.63) is 0 Å². The molecule has 0 aliphatic rings. The fourth-order valence-electron chi connectivity index (χ4n) is 1.81. The molecule has 0 aromatic heterocycles. The van der Waals surface area contributed by atoms with Gasteiger partial charge in [-0.25, -0.2) is 4.79 Å². The van der Waals surface area contributed by atoms with E-state index in [0.717, 1.165) is 12.8 Å². The molecule has 19 heavy (non-hydrogen) atoms. The number of unbranched alkanes of at least 4 members (excludes halogenated alkanes) is 3. The third-order valence-corrected chi connectivity index (χ3v) is 2.83. The van der Waals surface area contributed by atoms with Gasteiger partial charge in [-0.15, -0.1) is 0 Å². The molecule has 0 saturated carbocycles. The predicted octanol–water partition coefficient (Wildman–Crippen LogP) is 3.46. The van der Waals surface area contributed by atoms with Crippen molar-refractivity contribution in [2.45, 2.75) is 58.5 Å². The molecule has 0 aliphatic carbocycles. The molecule has 5 heteroatoms. The highest BCUT2D eigenvalue weighted by Crippen LogP contribution is 2.11. The standard InChI is InChI=1S/C14H28O5/c1-3-5-6-7-8-13(9-10-19-14(15)16)18-12-11-17-4-2/h13H,3-12H2,1-2H3,(H,15,16). The van der Waals surface area contributed by atoms with E-state index in [4.69, 9.17) is 14.6 Å². The van der Waals surface area contributed by atoms with Gasteiger partial charge in [0, 0.05) is 13.0 Å². The lowest BCUT2D eigenvalue weighted by Crippen LogP contribution is -2.19. The molecule has 1 unspecified atom stereocenters. The van der Waals surface area contributed by atoms with Gasteiger partial charge >= 0.3 is 6.16 Å². The van der Waals surface area contributed by atoms with E-state index in [1.807, 2.05) is 6.92 Å². The van der Waals surface area contributed by atoms with Gasteiger partial charge in [0.15, 0.2) is 0 Å². The van der Waals surface area contributed by atoms with Crippen molar-refractivity contribution in [2.75, 3.05) is 26.4 Å². The number of hydrogen-bond acceptors (Lipinski definition) is 4. The van der Waals surface area contributed by atoms with Crippen LogP contribution < -0.4 is 0 Å². The van der Waals surface area contributed by atoms with Crippen LogP contribution in [0.5, 0.6) is 0 Å². The Labute approximate surface area is 116 Å². The summed E-state index contributed by atoms with van der Waals surface area (Å²) in [5, 5.41) is 8.44. The first-order valence-electron chi connectivity index (χ1n) is 7.25. The van der Waals surface area contributed by atoms with E-state index in [1.54, 1.807) is 0 Å². The first kappa shape index (κ1) is 18.2. The molecule has 1 N–H and O–H groups in total. The van der Waals surface area contributed by atoms with Crippen LogP contribution in [0.25, 0.3) is 0 Å². The number of ether oxygens (including phenoxy) is 3. The summed E-state index contributed by atoms with van der Waals surface area (Å²) in [6, 6.07) is 0. The number of carboxylic acid groups (broad SMARTS) is 1. The average Bonchev–Trinajstić information content (AvgIpc) is 2.38. The predicted molar refractivity (Wildman–Crippen MR) is 73.6 cm³/mol. The number of carbonyl (C=O) groups is 1. The van der Waals surface area contributed by atoms with Crippen molar-refractivity contribution >= 4 is 6.16 Å². The number of rotatable bonds is 13. The molecule has 5 nitrogen and oxygen atoms in total. The molecule has 0 amide bonds. The fourth-order valence-corrected chi connectivity index (χ4v) is 1.81. The molecular formula is C14H28O5. The molecule has 0 heterocycles. The minimum Gasteiger partial charge on any atom is -0.450 e. The third kappa shape index (κ3) is 13.4. The minimum absolute atomic E-state index is 0.0664. The SMILES string of the molecule is CCCCCCC(CCOC(=O)O)OCCOCC. The summed E-state index contributed by atoms with van der Waals surface area (Å²) in [6.07, 6.45) is 5.16. The van der Waals surface area contributed by atoms with Crippen LogP contribution >= 0.6 is 0 Å². The molecule has 1 atom stereocenters. The summed E-state index contributed by atoms with van der Waals surface area (Å²) >= 11 is 0. The molecule has 0 aliphatic heterocycles. The molecule has 0 spiro atoms. The van der Waals surface area contributed by atoms with E-state index in [-0.39, 0.29) is 12.7 Å². The summed E-state index contributed by atoms with van der Waals surface area (Å²) in [4.78, 5) is 10.3. The van der Waals surface area contributed by atoms with Gasteiger partial charge in [0.25, 0.3) is 0 Å². The van der Waals surface area contributed by atoms with Crippen LogP contribution in [-0.2, 0) is 14.2 Å². The lowest BCUT2D eigenvalue weighted by Gasteiger charge is -2.17. The topological polar surface area (TPSA) is 65.0 Å². The Morgan fingerprint density at radius 2 is 1.84 bits per heavy atom. The Hall–Kier alpha value is -0.810. The van der Waals surface area contributed by atoms with Crippen molar-refractivity contribution in [2.24, 2.45) is 0 Å². The second-order valence-electron chi connectivity index (χ2n) is 4.44. The van der Waals surface area contributed by atoms with E-state index in [2.05, 4.69) is 11.7 Å². The first-order valence-corrected chi connectivity index (χ1v) is 7.25. The Morgan fingerprint density at radius 3 is 2.47 bits per heavy atom. The van der Waals surface area contributed by atoms with E-state index < -0.39 is 6.16 Å². The highest BCUT2D eigenvalue weighted by Gasteiger charge is 2.10. The van der Waals surface area contributed by atoms with Crippen LogP contribution in [0.15, 0.2) is 0 Å². The molecule has 0 rings (SSSR count). The van der Waals surface area contributed by atoms with Crippen molar-refractivity contribution in [3.8, 4) is 0 Å². The summed E-state index contributed by atoms with van der Waals surface area (Å²) in [6.45, 7) is 6.15. The van der Waals surface area contributed by atoms with E-state index in [1.165, 1.54) is 19.3 Å². The van der Waals surface area contributed by atoms with Gasteiger partial charge in [-0.05, 0) is 13.3 Å². The molecule has 0 bridgehead atoms. The second-order valence-corrected chi connectivity index (χ2v) is 4.44. The zero-order chi connectivity index (χ0) is 14.3. The average molecular weight is 276 g/mol. The van der Waals surface area contributed by atoms with Crippen LogP contribution in [0, 0.1) is 0 Å². The summed E-state index contributed by atoms with van der Waals surface area (Å²) in [5.41, 5.74) is 0. The second kappa shape index (κ2) is 13.6. The quantitative estimate of drug-likeness (QED) is 0.412. The fraction of sp³-hybridized carbons (Fsp3) is 0.929. The van der Waals surface area contributed by atoms with Gasteiger partial charge in [0.2, 0.25) is 0 Å². The zero-order valence-corrected chi connectivity index (χ0v) is 12.2. The zero-order valence-electron chi connectivity index (χ0n) is 12.2. The molecule has 0 aromatic rings. The van der Waals surface area contributed by atoms with Crippen molar-refractivity contribution < 1.29 is 24.1 Å². The van der Waals surface area contributed by atoms with Gasteiger partial charge in [0.05, 0.1) is 25.9 Å². The molecule has 0 fully saturated rings. The van der Waals surface area contributed by atoms with Crippen molar-refractivity contribution in [1.82, 2.24) is 0 Å². The maximum Gasteiger partial charge on any atom is 0.505 e. The van der Waals surface area contributed by atoms with Crippen LogP contribution in [-0.4, -0.2) is 43.8 Å². The van der Waals surface area contributed by atoms with Crippen LogP contribution in [0.1, 0.15) is 52.4 Å². The highest BCUT2D eigenvalue weighted by atomic mass is 16.7. The molecular weight excluding hydrogens is 248 g/mol. The van der Waals surface area contributed by atoms with Crippen LogP contribution in [0.3, 0.4) is 0 Å². The Morgan fingerprint density at radius 1 is 1.05 bits per heavy atom. The lowest BCUT2D eigenvalue weighted by atomic mass is 10.1. The van der Waals surface area contributed by atoms with Crippen LogP contribution in [0.4, 0.5) is 4.79 Å². The Bertz CT molecular complexity index is 196.